The van der Waals surface area contributed by atoms with E-state index in [1.807, 2.05) is 17.0 Å². The van der Waals surface area contributed by atoms with E-state index >= 15 is 0 Å². The maximum Gasteiger partial charge on any atom is 0.251 e. The lowest BCUT2D eigenvalue weighted by atomic mass is 9.89. The van der Waals surface area contributed by atoms with E-state index in [2.05, 4.69) is 41.4 Å². The van der Waals surface area contributed by atoms with Crippen LogP contribution < -0.4 is 0 Å². The molecular formula is C26H27ClN2O2. The van der Waals surface area contributed by atoms with Crippen LogP contribution in [0.2, 0.25) is 5.02 Å². The molecule has 3 heterocycles. The van der Waals surface area contributed by atoms with Gasteiger partial charge in [0, 0.05) is 36.8 Å². The Bertz CT molecular complexity index is 1070. The van der Waals surface area contributed by atoms with Crippen molar-refractivity contribution in [3.8, 4) is 11.1 Å². The summed E-state index contributed by atoms with van der Waals surface area (Å²) in [6.07, 6.45) is 6.63. The fourth-order valence-corrected chi connectivity index (χ4v) is 5.15. The molecule has 0 bridgehead atoms. The van der Waals surface area contributed by atoms with Gasteiger partial charge in [0.25, 0.3) is 5.91 Å². The first-order chi connectivity index (χ1) is 15.2. The Labute approximate surface area is 188 Å². The van der Waals surface area contributed by atoms with Crippen molar-refractivity contribution in [3.63, 3.8) is 0 Å². The fraction of sp³-hybridized carbons (Fsp3) is 0.385. The summed E-state index contributed by atoms with van der Waals surface area (Å²) in [5, 5.41) is 1.76. The number of pyridine rings is 1. The molecule has 0 N–H and O–H groups in total. The molecular weight excluding hydrogens is 408 g/mol. The van der Waals surface area contributed by atoms with Gasteiger partial charge in [-0.1, -0.05) is 54.1 Å². The van der Waals surface area contributed by atoms with Crippen LogP contribution in [0.1, 0.15) is 31.2 Å². The average molecular weight is 435 g/mol. The molecule has 1 atom stereocenters. The molecule has 1 amide bonds. The number of benzene rings is 2. The summed E-state index contributed by atoms with van der Waals surface area (Å²) in [5.74, 6) is 0.815. The monoisotopic (exact) mass is 434 g/mol. The Hall–Kier alpha value is -2.43. The quantitative estimate of drug-likeness (QED) is 0.543. The van der Waals surface area contributed by atoms with Crippen LogP contribution in [0.5, 0.6) is 0 Å². The third-order valence-corrected chi connectivity index (χ3v) is 7.02. The Balaban J connectivity index is 1.21. The number of carbonyl (C=O) groups is 1. The molecule has 2 saturated heterocycles. The number of ether oxygens (including phenoxy) is 1. The molecule has 2 fully saturated rings. The van der Waals surface area contributed by atoms with E-state index in [0.717, 1.165) is 73.8 Å². The minimum atomic E-state index is -0.193. The fourth-order valence-electron chi connectivity index (χ4n) is 4.82. The van der Waals surface area contributed by atoms with E-state index in [1.54, 1.807) is 6.20 Å². The van der Waals surface area contributed by atoms with Crippen LogP contribution >= 0.6 is 11.6 Å². The predicted molar refractivity (Wildman–Crippen MR) is 124 cm³/mol. The summed E-state index contributed by atoms with van der Waals surface area (Å²) in [5.41, 5.74) is 4.30. The molecule has 160 valence electrons. The highest BCUT2D eigenvalue weighted by Gasteiger charge is 2.30. The van der Waals surface area contributed by atoms with Crippen LogP contribution in [-0.2, 0) is 16.0 Å². The highest BCUT2D eigenvalue weighted by Crippen LogP contribution is 2.34. The zero-order valence-electron chi connectivity index (χ0n) is 17.6. The maximum atomic E-state index is 12.5. The molecule has 2 aliphatic heterocycles. The first-order valence-electron chi connectivity index (χ1n) is 11.2. The van der Waals surface area contributed by atoms with Crippen molar-refractivity contribution in [2.24, 2.45) is 5.92 Å². The second-order valence-corrected chi connectivity index (χ2v) is 9.05. The van der Waals surface area contributed by atoms with Crippen molar-refractivity contribution in [2.45, 2.75) is 38.2 Å². The number of aromatic nitrogens is 1. The van der Waals surface area contributed by atoms with Crippen LogP contribution in [0, 0.1) is 5.92 Å². The summed E-state index contributed by atoms with van der Waals surface area (Å²) in [6, 6.07) is 16.8. The van der Waals surface area contributed by atoms with E-state index in [-0.39, 0.29) is 12.0 Å². The third kappa shape index (κ3) is 4.32. The molecule has 2 aliphatic rings. The molecule has 1 aromatic heterocycles. The number of fused-ring (bicyclic) bond motifs is 1. The zero-order valence-corrected chi connectivity index (χ0v) is 18.4. The van der Waals surface area contributed by atoms with Gasteiger partial charge in [-0.25, -0.2) is 0 Å². The lowest BCUT2D eigenvalue weighted by Gasteiger charge is -2.33. The van der Waals surface area contributed by atoms with Crippen molar-refractivity contribution < 1.29 is 9.53 Å². The van der Waals surface area contributed by atoms with Gasteiger partial charge < -0.3 is 9.64 Å². The first-order valence-corrected chi connectivity index (χ1v) is 11.6. The Morgan fingerprint density at radius 3 is 2.61 bits per heavy atom. The van der Waals surface area contributed by atoms with Gasteiger partial charge in [-0.3, -0.25) is 9.78 Å². The Morgan fingerprint density at radius 1 is 1.06 bits per heavy atom. The number of carbonyl (C=O) groups excluding carboxylic acids is 1. The number of piperidine rings is 1. The highest BCUT2D eigenvalue weighted by atomic mass is 35.5. The molecule has 0 saturated carbocycles. The number of hydrogen-bond donors (Lipinski definition) is 0. The van der Waals surface area contributed by atoms with Crippen molar-refractivity contribution in [2.75, 3.05) is 19.7 Å². The topological polar surface area (TPSA) is 42.4 Å². The first kappa shape index (κ1) is 20.5. The van der Waals surface area contributed by atoms with Gasteiger partial charge in [-0.05, 0) is 55.2 Å². The van der Waals surface area contributed by atoms with Gasteiger partial charge in [-0.2, -0.15) is 0 Å². The van der Waals surface area contributed by atoms with E-state index in [9.17, 15) is 4.79 Å². The van der Waals surface area contributed by atoms with Gasteiger partial charge >= 0.3 is 0 Å². The van der Waals surface area contributed by atoms with Crippen LogP contribution in [0.3, 0.4) is 0 Å². The normalized spacial score (nSPS) is 19.8. The smallest absolute Gasteiger partial charge is 0.251 e. The van der Waals surface area contributed by atoms with Crippen LogP contribution in [-0.4, -0.2) is 41.6 Å². The molecule has 0 radical (unpaired) electrons. The van der Waals surface area contributed by atoms with Crippen LogP contribution in [0.25, 0.3) is 22.0 Å². The molecule has 31 heavy (non-hydrogen) atoms. The second kappa shape index (κ2) is 8.97. The summed E-state index contributed by atoms with van der Waals surface area (Å²) in [7, 11) is 0. The second-order valence-electron chi connectivity index (χ2n) is 8.67. The van der Waals surface area contributed by atoms with E-state index < -0.39 is 0 Å². The summed E-state index contributed by atoms with van der Waals surface area (Å²) < 4.78 is 5.57. The molecule has 3 aromatic rings. The van der Waals surface area contributed by atoms with Crippen LogP contribution in [0.4, 0.5) is 0 Å². The average Bonchev–Trinajstić information content (AvgIpc) is 3.35. The van der Waals surface area contributed by atoms with E-state index in [0.29, 0.717) is 10.9 Å². The SMILES string of the molecule is O=C([C@H]1CCCO1)N1CCC(Cc2ccc(-c3ccc4cccnc4c3Cl)cc2)CC1. The molecule has 2 aromatic carbocycles. The molecule has 5 heteroatoms. The number of likely N-dealkylation sites (tertiary alicyclic amines) is 1. The Kier molecular flexibility index (Phi) is 5.93. The summed E-state index contributed by atoms with van der Waals surface area (Å²) in [4.78, 5) is 19.0. The molecule has 0 spiro atoms. The third-order valence-electron chi connectivity index (χ3n) is 6.63. The molecule has 0 unspecified atom stereocenters. The minimum Gasteiger partial charge on any atom is -0.368 e. The highest BCUT2D eigenvalue weighted by molar-refractivity contribution is 6.37. The molecule has 4 nitrogen and oxygen atoms in total. The van der Waals surface area contributed by atoms with Gasteiger partial charge in [0.2, 0.25) is 0 Å². The predicted octanol–water partition coefficient (Wildman–Crippen LogP) is 5.52. The number of halogens is 1. The largest absolute Gasteiger partial charge is 0.368 e. The number of amides is 1. The van der Waals surface area contributed by atoms with Crippen LogP contribution in [0.15, 0.2) is 54.7 Å². The molecule has 0 aliphatic carbocycles. The minimum absolute atomic E-state index is 0.193. The maximum absolute atomic E-state index is 12.5. The van der Waals surface area contributed by atoms with E-state index in [4.69, 9.17) is 16.3 Å². The lowest BCUT2D eigenvalue weighted by Crippen LogP contribution is -2.44. The van der Waals surface area contributed by atoms with Crippen molar-refractivity contribution in [3.05, 3.63) is 65.3 Å². The number of rotatable bonds is 4. The number of hydrogen-bond acceptors (Lipinski definition) is 3. The summed E-state index contributed by atoms with van der Waals surface area (Å²) >= 11 is 6.65. The number of nitrogens with zero attached hydrogens (tertiary/aromatic N) is 2. The van der Waals surface area contributed by atoms with Gasteiger partial charge in [-0.15, -0.1) is 0 Å². The Morgan fingerprint density at radius 2 is 1.87 bits per heavy atom. The lowest BCUT2D eigenvalue weighted by molar-refractivity contribution is -0.142. The summed E-state index contributed by atoms with van der Waals surface area (Å²) in [6.45, 7) is 2.42. The zero-order chi connectivity index (χ0) is 21.2. The molecule has 5 rings (SSSR count). The van der Waals surface area contributed by atoms with Gasteiger partial charge in [0.05, 0.1) is 10.5 Å². The van der Waals surface area contributed by atoms with Gasteiger partial charge in [0.1, 0.15) is 6.10 Å². The van der Waals surface area contributed by atoms with E-state index in [1.165, 1.54) is 5.56 Å². The van der Waals surface area contributed by atoms with Crippen molar-refractivity contribution >= 4 is 28.4 Å². The standard InChI is InChI=1S/C26H27ClN2O2/c27-24-22(10-9-21-3-1-13-28-25(21)24)20-7-5-18(6-8-20)17-19-11-14-29(15-12-19)26(30)23-4-2-16-31-23/h1,3,5-10,13,19,23H,2,4,11-12,14-17H2/t23-/m1/s1. The van der Waals surface area contributed by atoms with Crippen molar-refractivity contribution in [1.29, 1.82) is 0 Å². The van der Waals surface area contributed by atoms with Gasteiger partial charge in [0.15, 0.2) is 0 Å². The van der Waals surface area contributed by atoms with Crippen molar-refractivity contribution in [1.82, 2.24) is 9.88 Å².